The molecule has 3 heterocycles. The molecule has 1 fully saturated rings. The van der Waals surface area contributed by atoms with Crippen LogP contribution in [-0.4, -0.2) is 18.1 Å². The molecule has 0 saturated carbocycles. The number of anilines is 2. The summed E-state index contributed by atoms with van der Waals surface area (Å²) in [7, 11) is 0. The van der Waals surface area contributed by atoms with Gasteiger partial charge in [0.1, 0.15) is 5.82 Å². The van der Waals surface area contributed by atoms with Gasteiger partial charge in [-0.05, 0) is 59.5 Å². The van der Waals surface area contributed by atoms with E-state index in [4.69, 9.17) is 0 Å². The summed E-state index contributed by atoms with van der Waals surface area (Å²) in [6.45, 7) is 3.13. The highest BCUT2D eigenvalue weighted by Gasteiger charge is 2.11. The fraction of sp³-hybridized carbons (Fsp3) is 0.400. The molecular weight excluding hydrogens is 334 g/mol. The van der Waals surface area contributed by atoms with E-state index in [1.807, 2.05) is 6.20 Å². The third-order valence-electron chi connectivity index (χ3n) is 3.52. The Morgan fingerprint density at radius 2 is 2.00 bits per heavy atom. The van der Waals surface area contributed by atoms with Crippen molar-refractivity contribution in [3.63, 3.8) is 0 Å². The van der Waals surface area contributed by atoms with Crippen molar-refractivity contribution in [2.45, 2.75) is 25.8 Å². The van der Waals surface area contributed by atoms with Crippen LogP contribution in [0.2, 0.25) is 0 Å². The molecule has 2 aromatic rings. The lowest BCUT2D eigenvalue weighted by Crippen LogP contribution is -2.30. The molecular formula is C15H18BrN3S. The molecule has 0 bridgehead atoms. The van der Waals surface area contributed by atoms with E-state index >= 15 is 0 Å². The minimum atomic E-state index is 0.848. The summed E-state index contributed by atoms with van der Waals surface area (Å²) in [6.07, 6.45) is 5.86. The molecule has 1 saturated heterocycles. The highest BCUT2D eigenvalue weighted by Crippen LogP contribution is 2.23. The molecule has 0 atom stereocenters. The van der Waals surface area contributed by atoms with Gasteiger partial charge in [0.25, 0.3) is 0 Å². The molecule has 20 heavy (non-hydrogen) atoms. The number of thiophene rings is 1. The molecule has 5 heteroatoms. The van der Waals surface area contributed by atoms with Crippen molar-refractivity contribution in [3.05, 3.63) is 39.1 Å². The first-order chi connectivity index (χ1) is 9.81. The van der Waals surface area contributed by atoms with Gasteiger partial charge in [-0.15, -0.1) is 11.3 Å². The summed E-state index contributed by atoms with van der Waals surface area (Å²) in [5.74, 6) is 1.11. The van der Waals surface area contributed by atoms with Crippen LogP contribution in [0.25, 0.3) is 0 Å². The Balaban J connectivity index is 1.58. The Kier molecular flexibility index (Phi) is 4.58. The first kappa shape index (κ1) is 13.9. The van der Waals surface area contributed by atoms with Crippen LogP contribution in [0.4, 0.5) is 11.5 Å². The molecule has 1 aliphatic heterocycles. The summed E-state index contributed by atoms with van der Waals surface area (Å²) in [5.41, 5.74) is 1.08. The van der Waals surface area contributed by atoms with Crippen molar-refractivity contribution in [1.82, 2.24) is 4.98 Å². The van der Waals surface area contributed by atoms with Gasteiger partial charge < -0.3 is 10.2 Å². The molecule has 1 N–H and O–H groups in total. The second kappa shape index (κ2) is 6.59. The van der Waals surface area contributed by atoms with Crippen molar-refractivity contribution < 1.29 is 0 Å². The van der Waals surface area contributed by atoms with E-state index in [1.165, 1.54) is 27.9 Å². The van der Waals surface area contributed by atoms with Crippen LogP contribution >= 0.6 is 27.3 Å². The number of rotatable bonds is 4. The van der Waals surface area contributed by atoms with Gasteiger partial charge in [0.15, 0.2) is 0 Å². The van der Waals surface area contributed by atoms with E-state index in [0.29, 0.717) is 0 Å². The summed E-state index contributed by atoms with van der Waals surface area (Å²) >= 11 is 5.24. The average molecular weight is 352 g/mol. The Morgan fingerprint density at radius 1 is 1.15 bits per heavy atom. The number of aromatic nitrogens is 1. The zero-order valence-corrected chi connectivity index (χ0v) is 13.7. The molecule has 0 amide bonds. The largest absolute Gasteiger partial charge is 0.379 e. The summed E-state index contributed by atoms with van der Waals surface area (Å²) in [4.78, 5) is 8.27. The normalized spacial score (nSPS) is 15.3. The van der Waals surface area contributed by atoms with Crippen LogP contribution < -0.4 is 10.2 Å². The second-order valence-electron chi connectivity index (χ2n) is 5.01. The van der Waals surface area contributed by atoms with Crippen molar-refractivity contribution in [2.24, 2.45) is 0 Å². The highest BCUT2D eigenvalue weighted by atomic mass is 79.9. The van der Waals surface area contributed by atoms with E-state index in [2.05, 4.69) is 55.4 Å². The SMILES string of the molecule is Brc1ccc(CNc2ccc(N3CCCCC3)nc2)s1. The van der Waals surface area contributed by atoms with Gasteiger partial charge in [0.2, 0.25) is 0 Å². The summed E-state index contributed by atoms with van der Waals surface area (Å²) in [5, 5.41) is 3.41. The van der Waals surface area contributed by atoms with Gasteiger partial charge in [-0.2, -0.15) is 0 Å². The first-order valence-corrected chi connectivity index (χ1v) is 8.61. The van der Waals surface area contributed by atoms with E-state index in [0.717, 1.165) is 31.1 Å². The van der Waals surface area contributed by atoms with Crippen LogP contribution in [-0.2, 0) is 6.54 Å². The molecule has 0 spiro atoms. The van der Waals surface area contributed by atoms with Gasteiger partial charge in [-0.25, -0.2) is 4.98 Å². The molecule has 2 aromatic heterocycles. The van der Waals surface area contributed by atoms with Crippen LogP contribution in [0, 0.1) is 0 Å². The zero-order chi connectivity index (χ0) is 13.8. The van der Waals surface area contributed by atoms with Gasteiger partial charge >= 0.3 is 0 Å². The Labute approximate surface area is 132 Å². The fourth-order valence-electron chi connectivity index (χ4n) is 2.44. The maximum atomic E-state index is 4.58. The predicted molar refractivity (Wildman–Crippen MR) is 89.6 cm³/mol. The zero-order valence-electron chi connectivity index (χ0n) is 11.3. The van der Waals surface area contributed by atoms with Gasteiger partial charge in [0, 0.05) is 24.5 Å². The molecule has 1 aliphatic rings. The molecule has 3 rings (SSSR count). The van der Waals surface area contributed by atoms with Crippen molar-refractivity contribution in [3.8, 4) is 0 Å². The fourth-order valence-corrected chi connectivity index (χ4v) is 3.86. The highest BCUT2D eigenvalue weighted by molar-refractivity contribution is 9.11. The van der Waals surface area contributed by atoms with Crippen LogP contribution in [0.15, 0.2) is 34.2 Å². The molecule has 0 aromatic carbocycles. The van der Waals surface area contributed by atoms with E-state index in [9.17, 15) is 0 Å². The third kappa shape index (κ3) is 3.52. The lowest BCUT2D eigenvalue weighted by molar-refractivity contribution is 0.573. The lowest BCUT2D eigenvalue weighted by atomic mass is 10.1. The lowest BCUT2D eigenvalue weighted by Gasteiger charge is -2.27. The quantitative estimate of drug-likeness (QED) is 0.878. The summed E-state index contributed by atoms with van der Waals surface area (Å²) < 4.78 is 1.17. The maximum absolute atomic E-state index is 4.58. The molecule has 0 unspecified atom stereocenters. The number of piperidine rings is 1. The first-order valence-electron chi connectivity index (χ1n) is 7.00. The van der Waals surface area contributed by atoms with Gasteiger partial charge in [0.05, 0.1) is 15.7 Å². The number of pyridine rings is 1. The second-order valence-corrected chi connectivity index (χ2v) is 7.56. The number of nitrogens with zero attached hydrogens (tertiary/aromatic N) is 2. The van der Waals surface area contributed by atoms with E-state index in [-0.39, 0.29) is 0 Å². The van der Waals surface area contributed by atoms with Gasteiger partial charge in [-0.1, -0.05) is 0 Å². The topological polar surface area (TPSA) is 28.2 Å². The smallest absolute Gasteiger partial charge is 0.128 e. The number of halogens is 1. The summed E-state index contributed by atoms with van der Waals surface area (Å²) in [6, 6.07) is 8.47. The van der Waals surface area contributed by atoms with Crippen molar-refractivity contribution in [1.29, 1.82) is 0 Å². The monoisotopic (exact) mass is 351 g/mol. The Bertz CT molecular complexity index is 547. The number of nitrogens with one attached hydrogen (secondary N) is 1. The molecule has 106 valence electrons. The standard InChI is InChI=1S/C15H18BrN3S/c16-14-6-5-13(20-14)11-17-12-4-7-15(18-10-12)19-8-2-1-3-9-19/h4-7,10,17H,1-3,8-9,11H2. The van der Waals surface area contributed by atoms with E-state index in [1.54, 1.807) is 11.3 Å². The van der Waals surface area contributed by atoms with Crippen LogP contribution in [0.3, 0.4) is 0 Å². The molecule has 0 aliphatic carbocycles. The predicted octanol–water partition coefficient (Wildman–Crippen LogP) is 4.51. The minimum Gasteiger partial charge on any atom is -0.379 e. The Hall–Kier alpha value is -1.07. The molecule has 0 radical (unpaired) electrons. The average Bonchev–Trinajstić information content (AvgIpc) is 2.92. The molecule has 3 nitrogen and oxygen atoms in total. The van der Waals surface area contributed by atoms with Crippen molar-refractivity contribution in [2.75, 3.05) is 23.3 Å². The van der Waals surface area contributed by atoms with E-state index < -0.39 is 0 Å². The van der Waals surface area contributed by atoms with Crippen LogP contribution in [0.1, 0.15) is 24.1 Å². The third-order valence-corrected chi connectivity index (χ3v) is 5.15. The van der Waals surface area contributed by atoms with Crippen molar-refractivity contribution >= 4 is 38.8 Å². The minimum absolute atomic E-state index is 0.848. The number of hydrogen-bond acceptors (Lipinski definition) is 4. The number of hydrogen-bond donors (Lipinski definition) is 1. The van der Waals surface area contributed by atoms with Gasteiger partial charge in [-0.3, -0.25) is 0 Å². The van der Waals surface area contributed by atoms with Crippen LogP contribution in [0.5, 0.6) is 0 Å². The Morgan fingerprint density at radius 3 is 2.65 bits per heavy atom. The maximum Gasteiger partial charge on any atom is 0.128 e.